The van der Waals surface area contributed by atoms with Crippen molar-refractivity contribution in [3.05, 3.63) is 101 Å². The zero-order chi connectivity index (χ0) is 18.9. The van der Waals surface area contributed by atoms with Gasteiger partial charge in [-0.1, -0.05) is 60.2 Å². The fourth-order valence-corrected chi connectivity index (χ4v) is 2.50. The minimum Gasteiger partial charge on any atom is -0.489 e. The molecule has 3 aromatic rings. The van der Waals surface area contributed by atoms with E-state index in [2.05, 4.69) is 41.7 Å². The number of carbonyl (C=O) groups excluding carboxylic acids is 1. The van der Waals surface area contributed by atoms with Gasteiger partial charge in [0.1, 0.15) is 12.4 Å². The standard InChI is InChI=1S/C23H22N2O2/c1-18-7-9-21(10-8-18)17-27-22-13-11-20(12-14-22)16-24-25-23(26)15-19-5-3-2-4-6-19/h2-14,16H,15,17H2,1H3,(H,25,26). The Labute approximate surface area is 159 Å². The van der Waals surface area contributed by atoms with Crippen molar-refractivity contribution in [2.45, 2.75) is 20.0 Å². The molecule has 0 aliphatic carbocycles. The third-order valence-corrected chi connectivity index (χ3v) is 4.02. The van der Waals surface area contributed by atoms with Crippen LogP contribution >= 0.6 is 0 Å². The smallest absolute Gasteiger partial charge is 0.244 e. The number of hydrazone groups is 1. The molecule has 0 atom stereocenters. The number of ether oxygens (including phenoxy) is 1. The van der Waals surface area contributed by atoms with Gasteiger partial charge >= 0.3 is 0 Å². The predicted molar refractivity (Wildman–Crippen MR) is 108 cm³/mol. The largest absolute Gasteiger partial charge is 0.489 e. The fourth-order valence-electron chi connectivity index (χ4n) is 2.50. The molecule has 0 aromatic heterocycles. The molecule has 136 valence electrons. The monoisotopic (exact) mass is 358 g/mol. The van der Waals surface area contributed by atoms with Crippen molar-refractivity contribution in [3.8, 4) is 5.75 Å². The maximum atomic E-state index is 11.9. The van der Waals surface area contributed by atoms with Crippen LogP contribution in [0.15, 0.2) is 84.0 Å². The van der Waals surface area contributed by atoms with E-state index in [9.17, 15) is 4.79 Å². The highest BCUT2D eigenvalue weighted by Crippen LogP contribution is 2.14. The Morgan fingerprint density at radius 3 is 2.33 bits per heavy atom. The summed E-state index contributed by atoms with van der Waals surface area (Å²) in [4.78, 5) is 11.9. The van der Waals surface area contributed by atoms with Gasteiger partial charge < -0.3 is 4.74 Å². The summed E-state index contributed by atoms with van der Waals surface area (Å²) in [7, 11) is 0. The molecule has 0 aliphatic rings. The summed E-state index contributed by atoms with van der Waals surface area (Å²) in [6.07, 6.45) is 1.93. The van der Waals surface area contributed by atoms with Crippen LogP contribution in [0.4, 0.5) is 0 Å². The molecular formula is C23H22N2O2. The van der Waals surface area contributed by atoms with Crippen LogP contribution in [0.25, 0.3) is 0 Å². The number of rotatable bonds is 7. The number of aryl methyl sites for hydroxylation is 1. The number of nitrogens with zero attached hydrogens (tertiary/aromatic N) is 1. The van der Waals surface area contributed by atoms with Crippen LogP contribution in [0, 0.1) is 6.92 Å². The summed E-state index contributed by atoms with van der Waals surface area (Å²) < 4.78 is 5.78. The van der Waals surface area contributed by atoms with Gasteiger partial charge in [0.05, 0.1) is 12.6 Å². The third-order valence-electron chi connectivity index (χ3n) is 4.02. The topological polar surface area (TPSA) is 50.7 Å². The molecule has 0 aliphatic heterocycles. The number of hydrogen-bond acceptors (Lipinski definition) is 3. The van der Waals surface area contributed by atoms with E-state index in [0.29, 0.717) is 13.0 Å². The molecule has 0 spiro atoms. The summed E-state index contributed by atoms with van der Waals surface area (Å²) in [6, 6.07) is 25.4. The second-order valence-corrected chi connectivity index (χ2v) is 6.30. The normalized spacial score (nSPS) is 10.7. The Morgan fingerprint density at radius 2 is 1.63 bits per heavy atom. The molecule has 0 heterocycles. The lowest BCUT2D eigenvalue weighted by molar-refractivity contribution is -0.120. The Morgan fingerprint density at radius 1 is 0.926 bits per heavy atom. The first kappa shape index (κ1) is 18.4. The molecule has 0 saturated heterocycles. The van der Waals surface area contributed by atoms with Crippen LogP contribution in [0.2, 0.25) is 0 Å². The molecule has 27 heavy (non-hydrogen) atoms. The lowest BCUT2D eigenvalue weighted by Crippen LogP contribution is -2.19. The molecule has 1 amide bonds. The number of carbonyl (C=O) groups is 1. The molecule has 3 aromatic carbocycles. The zero-order valence-corrected chi connectivity index (χ0v) is 15.3. The van der Waals surface area contributed by atoms with E-state index < -0.39 is 0 Å². The van der Waals surface area contributed by atoms with Gasteiger partial charge in [-0.3, -0.25) is 4.79 Å². The van der Waals surface area contributed by atoms with Crippen molar-refractivity contribution >= 4 is 12.1 Å². The first-order valence-corrected chi connectivity index (χ1v) is 8.83. The van der Waals surface area contributed by atoms with E-state index in [4.69, 9.17) is 4.74 Å². The molecule has 0 bridgehead atoms. The van der Waals surface area contributed by atoms with E-state index in [1.807, 2.05) is 54.6 Å². The van der Waals surface area contributed by atoms with Crippen LogP contribution < -0.4 is 10.2 Å². The summed E-state index contributed by atoms with van der Waals surface area (Å²) in [6.45, 7) is 2.60. The maximum absolute atomic E-state index is 11.9. The Hall–Kier alpha value is -3.40. The second-order valence-electron chi connectivity index (χ2n) is 6.30. The molecule has 0 fully saturated rings. The quantitative estimate of drug-likeness (QED) is 0.507. The van der Waals surface area contributed by atoms with Crippen molar-refractivity contribution in [1.82, 2.24) is 5.43 Å². The SMILES string of the molecule is Cc1ccc(COc2ccc(C=NNC(=O)Cc3ccccc3)cc2)cc1. The van der Waals surface area contributed by atoms with Gasteiger partial charge in [0.2, 0.25) is 5.91 Å². The second kappa shape index (κ2) is 9.34. The van der Waals surface area contributed by atoms with Gasteiger partial charge in [0.25, 0.3) is 0 Å². The summed E-state index contributed by atoms with van der Waals surface area (Å²) in [5, 5.41) is 4.00. The number of hydrogen-bond donors (Lipinski definition) is 1. The molecule has 0 saturated carbocycles. The summed E-state index contributed by atoms with van der Waals surface area (Å²) in [5.74, 6) is 0.649. The molecule has 4 nitrogen and oxygen atoms in total. The maximum Gasteiger partial charge on any atom is 0.244 e. The third kappa shape index (κ3) is 6.12. The number of nitrogens with one attached hydrogen (secondary N) is 1. The summed E-state index contributed by atoms with van der Waals surface area (Å²) >= 11 is 0. The van der Waals surface area contributed by atoms with Gasteiger partial charge in [0.15, 0.2) is 0 Å². The highest BCUT2D eigenvalue weighted by molar-refractivity contribution is 5.83. The lowest BCUT2D eigenvalue weighted by atomic mass is 10.1. The van der Waals surface area contributed by atoms with E-state index in [-0.39, 0.29) is 5.91 Å². The minimum absolute atomic E-state index is 0.143. The highest BCUT2D eigenvalue weighted by atomic mass is 16.5. The zero-order valence-electron chi connectivity index (χ0n) is 15.3. The molecule has 0 unspecified atom stereocenters. The van der Waals surface area contributed by atoms with Crippen molar-refractivity contribution in [2.75, 3.05) is 0 Å². The molecular weight excluding hydrogens is 336 g/mol. The lowest BCUT2D eigenvalue weighted by Gasteiger charge is -2.07. The first-order chi connectivity index (χ1) is 13.2. The first-order valence-electron chi connectivity index (χ1n) is 8.83. The molecule has 4 heteroatoms. The van der Waals surface area contributed by atoms with Gasteiger partial charge in [-0.15, -0.1) is 0 Å². The fraction of sp³-hybridized carbons (Fsp3) is 0.130. The molecule has 3 rings (SSSR count). The molecule has 0 radical (unpaired) electrons. The van der Waals surface area contributed by atoms with Crippen LogP contribution in [0.5, 0.6) is 5.75 Å². The summed E-state index contributed by atoms with van der Waals surface area (Å²) in [5.41, 5.74) is 6.76. The van der Waals surface area contributed by atoms with Crippen LogP contribution in [-0.2, 0) is 17.8 Å². The van der Waals surface area contributed by atoms with E-state index in [0.717, 1.165) is 22.4 Å². The van der Waals surface area contributed by atoms with E-state index in [1.165, 1.54) is 5.56 Å². The van der Waals surface area contributed by atoms with Crippen LogP contribution in [0.3, 0.4) is 0 Å². The van der Waals surface area contributed by atoms with Crippen molar-refractivity contribution in [1.29, 1.82) is 0 Å². The number of benzene rings is 3. The van der Waals surface area contributed by atoms with Gasteiger partial charge in [-0.2, -0.15) is 5.10 Å². The Kier molecular flexibility index (Phi) is 6.36. The van der Waals surface area contributed by atoms with Crippen molar-refractivity contribution in [3.63, 3.8) is 0 Å². The van der Waals surface area contributed by atoms with Crippen LogP contribution in [0.1, 0.15) is 22.3 Å². The number of amides is 1. The van der Waals surface area contributed by atoms with Crippen LogP contribution in [-0.4, -0.2) is 12.1 Å². The van der Waals surface area contributed by atoms with Gasteiger partial charge in [0, 0.05) is 0 Å². The minimum atomic E-state index is -0.143. The van der Waals surface area contributed by atoms with Crippen molar-refractivity contribution < 1.29 is 9.53 Å². The van der Waals surface area contributed by atoms with E-state index in [1.54, 1.807) is 6.21 Å². The van der Waals surface area contributed by atoms with Gasteiger partial charge in [-0.25, -0.2) is 5.43 Å². The van der Waals surface area contributed by atoms with Gasteiger partial charge in [-0.05, 0) is 47.9 Å². The average Bonchev–Trinajstić information content (AvgIpc) is 2.69. The highest BCUT2D eigenvalue weighted by Gasteiger charge is 2.01. The van der Waals surface area contributed by atoms with Crippen molar-refractivity contribution in [2.24, 2.45) is 5.10 Å². The Bertz CT molecular complexity index is 886. The predicted octanol–water partition coefficient (Wildman–Crippen LogP) is 4.27. The van der Waals surface area contributed by atoms with E-state index >= 15 is 0 Å². The average molecular weight is 358 g/mol. The molecule has 1 N–H and O–H groups in total. The Balaban J connectivity index is 1.46.